The number of benzene rings is 4. The first kappa shape index (κ1) is 27.2. The number of aromatic nitrogens is 4. The van der Waals surface area contributed by atoms with Gasteiger partial charge in [-0.05, 0) is 62.4 Å². The summed E-state index contributed by atoms with van der Waals surface area (Å²) < 4.78 is 0. The molecule has 0 saturated heterocycles. The number of pyridine rings is 1. The van der Waals surface area contributed by atoms with Gasteiger partial charge in [0.25, 0.3) is 0 Å². The molecule has 212 valence electrons. The van der Waals surface area contributed by atoms with E-state index in [0.717, 1.165) is 33.3 Å². The molecular weight excluding hydrogens is 524 g/mol. The normalized spacial score (nSPS) is 16.2. The van der Waals surface area contributed by atoms with Crippen LogP contribution in [0.1, 0.15) is 52.7 Å². The van der Waals surface area contributed by atoms with E-state index in [4.69, 9.17) is 19.9 Å². The largest absolute Gasteiger partial charge is 0.255 e. The minimum absolute atomic E-state index is 0.0413. The summed E-state index contributed by atoms with van der Waals surface area (Å²) in [7, 11) is 0. The summed E-state index contributed by atoms with van der Waals surface area (Å²) in [5.74, 6) is 1.89. The van der Waals surface area contributed by atoms with Crippen molar-refractivity contribution in [1.82, 2.24) is 19.9 Å². The molecule has 2 heterocycles. The van der Waals surface area contributed by atoms with E-state index in [1.165, 1.54) is 16.5 Å². The van der Waals surface area contributed by atoms with Gasteiger partial charge in [-0.1, -0.05) is 120 Å². The lowest BCUT2D eigenvalue weighted by Gasteiger charge is -2.44. The van der Waals surface area contributed by atoms with Crippen molar-refractivity contribution in [2.24, 2.45) is 5.41 Å². The fourth-order valence-electron chi connectivity index (χ4n) is 6.60. The Labute approximate surface area is 253 Å². The first-order valence-corrected chi connectivity index (χ1v) is 15.0. The van der Waals surface area contributed by atoms with Crippen LogP contribution in [0.4, 0.5) is 0 Å². The maximum Gasteiger partial charge on any atom is 0.165 e. The van der Waals surface area contributed by atoms with Crippen LogP contribution in [0.3, 0.4) is 0 Å². The fraction of sp³-hybridized carbons (Fsp3) is 0.231. The molecule has 1 aliphatic rings. The van der Waals surface area contributed by atoms with E-state index in [0.29, 0.717) is 17.5 Å². The lowest BCUT2D eigenvalue weighted by molar-refractivity contribution is 0.125. The quantitative estimate of drug-likeness (QED) is 0.215. The number of rotatable bonds is 4. The summed E-state index contributed by atoms with van der Waals surface area (Å²) in [6.45, 7) is 14.3. The Bertz CT molecular complexity index is 1990. The van der Waals surface area contributed by atoms with Crippen LogP contribution < -0.4 is 0 Å². The summed E-state index contributed by atoms with van der Waals surface area (Å²) in [5, 5.41) is 2.34. The molecule has 0 amide bonds. The van der Waals surface area contributed by atoms with Gasteiger partial charge in [-0.3, -0.25) is 4.98 Å². The second-order valence-corrected chi connectivity index (χ2v) is 13.3. The molecule has 4 aromatic carbocycles. The molecule has 43 heavy (non-hydrogen) atoms. The van der Waals surface area contributed by atoms with Crippen molar-refractivity contribution in [3.05, 3.63) is 120 Å². The standard InChI is InChI=1S/C39H36N4/c1-37(2)31-20-18-28(23-32(31)38(3,4)39(37,5)6)33-21-19-30(24-40-33)36-42-34(26-13-8-7-9-14-26)41-35(43-36)29-17-16-25-12-10-11-15-27(25)22-29/h7-24H,1-6H3. The molecule has 2 aromatic heterocycles. The molecule has 0 unspecified atom stereocenters. The highest BCUT2D eigenvalue weighted by atomic mass is 15.0. The fourth-order valence-corrected chi connectivity index (χ4v) is 6.60. The van der Waals surface area contributed by atoms with Gasteiger partial charge in [0.05, 0.1) is 5.69 Å². The minimum Gasteiger partial charge on any atom is -0.255 e. The van der Waals surface area contributed by atoms with Crippen LogP contribution >= 0.6 is 0 Å². The zero-order valence-corrected chi connectivity index (χ0v) is 25.7. The van der Waals surface area contributed by atoms with E-state index in [-0.39, 0.29) is 16.2 Å². The van der Waals surface area contributed by atoms with E-state index in [9.17, 15) is 0 Å². The van der Waals surface area contributed by atoms with E-state index < -0.39 is 0 Å². The molecule has 0 aliphatic heterocycles. The van der Waals surface area contributed by atoms with Crippen molar-refractivity contribution in [3.8, 4) is 45.4 Å². The van der Waals surface area contributed by atoms with Crippen LogP contribution in [0.25, 0.3) is 56.2 Å². The first-order valence-electron chi connectivity index (χ1n) is 15.0. The molecule has 1 aliphatic carbocycles. The van der Waals surface area contributed by atoms with Crippen LogP contribution in [0.15, 0.2) is 109 Å². The summed E-state index contributed by atoms with van der Waals surface area (Å²) in [6, 6.07) is 35.8. The summed E-state index contributed by atoms with van der Waals surface area (Å²) in [5.41, 5.74) is 7.92. The molecule has 0 atom stereocenters. The molecule has 6 aromatic rings. The Morgan fingerprint density at radius 3 is 1.72 bits per heavy atom. The maximum atomic E-state index is 4.94. The van der Waals surface area contributed by atoms with Crippen molar-refractivity contribution < 1.29 is 0 Å². The molecule has 4 heteroatoms. The number of fused-ring (bicyclic) bond motifs is 2. The van der Waals surface area contributed by atoms with Crippen LogP contribution in [0, 0.1) is 5.41 Å². The van der Waals surface area contributed by atoms with Gasteiger partial charge in [0.1, 0.15) is 0 Å². The smallest absolute Gasteiger partial charge is 0.165 e. The van der Waals surface area contributed by atoms with Crippen LogP contribution in [0.5, 0.6) is 0 Å². The van der Waals surface area contributed by atoms with Crippen molar-refractivity contribution >= 4 is 10.8 Å². The topological polar surface area (TPSA) is 51.6 Å². The molecule has 7 rings (SSSR count). The van der Waals surface area contributed by atoms with Crippen molar-refractivity contribution in [2.45, 2.75) is 52.4 Å². The Hall–Kier alpha value is -4.70. The SMILES string of the molecule is CC1(C)c2ccc(-c3ccc(-c4nc(-c5ccccc5)nc(-c5ccc6ccccc6c5)n4)cn3)cc2C(C)(C)C1(C)C. The van der Waals surface area contributed by atoms with Gasteiger partial charge in [0, 0.05) is 28.5 Å². The van der Waals surface area contributed by atoms with Crippen LogP contribution in [0.2, 0.25) is 0 Å². The first-order chi connectivity index (χ1) is 20.6. The molecule has 0 spiro atoms. The van der Waals surface area contributed by atoms with Gasteiger partial charge < -0.3 is 0 Å². The third-order valence-corrected chi connectivity index (χ3v) is 10.5. The van der Waals surface area contributed by atoms with Gasteiger partial charge in [-0.25, -0.2) is 15.0 Å². The maximum absolute atomic E-state index is 4.94. The van der Waals surface area contributed by atoms with Gasteiger partial charge in [0.15, 0.2) is 17.5 Å². The Morgan fingerprint density at radius 1 is 0.442 bits per heavy atom. The molecule has 0 radical (unpaired) electrons. The highest BCUT2D eigenvalue weighted by molar-refractivity contribution is 5.86. The molecule has 0 bridgehead atoms. The zero-order valence-electron chi connectivity index (χ0n) is 25.7. The van der Waals surface area contributed by atoms with E-state index >= 15 is 0 Å². The number of nitrogens with zero attached hydrogens (tertiary/aromatic N) is 4. The van der Waals surface area contributed by atoms with E-state index in [1.54, 1.807) is 0 Å². The van der Waals surface area contributed by atoms with Crippen molar-refractivity contribution in [2.75, 3.05) is 0 Å². The minimum atomic E-state index is 0.0413. The number of hydrogen-bond acceptors (Lipinski definition) is 4. The summed E-state index contributed by atoms with van der Waals surface area (Å²) in [6.07, 6.45) is 1.88. The van der Waals surface area contributed by atoms with Gasteiger partial charge in [0.2, 0.25) is 0 Å². The van der Waals surface area contributed by atoms with Crippen molar-refractivity contribution in [3.63, 3.8) is 0 Å². The van der Waals surface area contributed by atoms with Crippen LogP contribution in [-0.4, -0.2) is 19.9 Å². The predicted octanol–water partition coefficient (Wildman–Crippen LogP) is 9.68. The Morgan fingerprint density at radius 2 is 1.02 bits per heavy atom. The Kier molecular flexibility index (Phi) is 6.10. The lowest BCUT2D eigenvalue weighted by atomic mass is 9.59. The average molecular weight is 561 g/mol. The highest BCUT2D eigenvalue weighted by Gasteiger charge is 2.56. The summed E-state index contributed by atoms with van der Waals surface area (Å²) in [4.78, 5) is 19.7. The summed E-state index contributed by atoms with van der Waals surface area (Å²) >= 11 is 0. The monoisotopic (exact) mass is 560 g/mol. The second kappa shape index (κ2) is 9.67. The van der Waals surface area contributed by atoms with Crippen molar-refractivity contribution in [1.29, 1.82) is 0 Å². The Balaban J connectivity index is 1.29. The average Bonchev–Trinajstić information content (AvgIpc) is 3.14. The second-order valence-electron chi connectivity index (χ2n) is 13.3. The van der Waals surface area contributed by atoms with E-state index in [2.05, 4.69) is 114 Å². The lowest BCUT2D eigenvalue weighted by Crippen LogP contribution is -2.42. The van der Waals surface area contributed by atoms with Gasteiger partial charge >= 0.3 is 0 Å². The molecule has 0 N–H and O–H groups in total. The van der Waals surface area contributed by atoms with Gasteiger partial charge in [-0.2, -0.15) is 0 Å². The van der Waals surface area contributed by atoms with Gasteiger partial charge in [-0.15, -0.1) is 0 Å². The predicted molar refractivity (Wildman–Crippen MR) is 177 cm³/mol. The third-order valence-electron chi connectivity index (χ3n) is 10.5. The highest BCUT2D eigenvalue weighted by Crippen LogP contribution is 2.61. The third kappa shape index (κ3) is 4.27. The molecule has 0 fully saturated rings. The van der Waals surface area contributed by atoms with E-state index in [1.807, 2.05) is 36.5 Å². The number of hydrogen-bond donors (Lipinski definition) is 0. The molecular formula is C39H36N4. The van der Waals surface area contributed by atoms with Crippen LogP contribution in [-0.2, 0) is 10.8 Å². The zero-order chi connectivity index (χ0) is 30.0. The molecule has 4 nitrogen and oxygen atoms in total. The molecule has 0 saturated carbocycles.